The zero-order valence-electron chi connectivity index (χ0n) is 8.41. The Morgan fingerprint density at radius 1 is 1.29 bits per heavy atom. The highest BCUT2D eigenvalue weighted by molar-refractivity contribution is 5.81. The van der Waals surface area contributed by atoms with E-state index >= 15 is 0 Å². The predicted molar refractivity (Wildman–Crippen MR) is 57.4 cm³/mol. The van der Waals surface area contributed by atoms with Crippen LogP contribution >= 0.6 is 0 Å². The molecule has 1 aromatic heterocycles. The van der Waals surface area contributed by atoms with Gasteiger partial charge in [0.25, 0.3) is 0 Å². The molecule has 0 aliphatic rings. The van der Waals surface area contributed by atoms with Crippen LogP contribution in [0.4, 0.5) is 0 Å². The standard InChI is InChI=1S/C11H14N2O/c1-13(2)7-9-5-8-3-4-10(14)6-11(8)12-9/h3-6,12,14H,7H2,1-2H3. The van der Waals surface area contributed by atoms with Crippen molar-refractivity contribution >= 4 is 10.9 Å². The van der Waals surface area contributed by atoms with E-state index in [1.807, 2.05) is 20.2 Å². The van der Waals surface area contributed by atoms with Crippen LogP contribution in [0, 0.1) is 0 Å². The van der Waals surface area contributed by atoms with E-state index in [0.29, 0.717) is 5.75 Å². The fourth-order valence-electron chi connectivity index (χ4n) is 1.60. The van der Waals surface area contributed by atoms with Gasteiger partial charge in [0.2, 0.25) is 0 Å². The van der Waals surface area contributed by atoms with Gasteiger partial charge in [-0.05, 0) is 37.7 Å². The molecular weight excluding hydrogens is 176 g/mol. The molecule has 74 valence electrons. The Bertz CT molecular complexity index is 445. The molecule has 0 radical (unpaired) electrons. The normalized spacial score (nSPS) is 11.4. The molecule has 3 nitrogen and oxygen atoms in total. The molecule has 3 heteroatoms. The molecule has 0 atom stereocenters. The minimum atomic E-state index is 0.302. The first-order valence-electron chi connectivity index (χ1n) is 4.60. The molecule has 0 bridgehead atoms. The number of benzene rings is 1. The van der Waals surface area contributed by atoms with E-state index < -0.39 is 0 Å². The van der Waals surface area contributed by atoms with Crippen LogP contribution in [0.2, 0.25) is 0 Å². The van der Waals surface area contributed by atoms with Crippen LogP contribution in [0.25, 0.3) is 10.9 Å². The summed E-state index contributed by atoms with van der Waals surface area (Å²) in [5, 5.41) is 10.4. The second-order valence-corrected chi connectivity index (χ2v) is 3.80. The lowest BCUT2D eigenvalue weighted by atomic mass is 10.2. The summed E-state index contributed by atoms with van der Waals surface area (Å²) in [7, 11) is 4.06. The highest BCUT2D eigenvalue weighted by Crippen LogP contribution is 2.20. The molecule has 2 N–H and O–H groups in total. The topological polar surface area (TPSA) is 39.3 Å². The van der Waals surface area contributed by atoms with E-state index in [2.05, 4.69) is 16.0 Å². The van der Waals surface area contributed by atoms with Gasteiger partial charge in [0.1, 0.15) is 5.75 Å². The fourth-order valence-corrected chi connectivity index (χ4v) is 1.60. The average molecular weight is 190 g/mol. The fraction of sp³-hybridized carbons (Fsp3) is 0.273. The number of H-pyrrole nitrogens is 1. The number of phenols is 1. The second-order valence-electron chi connectivity index (χ2n) is 3.80. The maximum atomic E-state index is 9.29. The van der Waals surface area contributed by atoms with Gasteiger partial charge in [0, 0.05) is 23.8 Å². The molecule has 0 unspecified atom stereocenters. The Morgan fingerprint density at radius 2 is 2.07 bits per heavy atom. The first-order valence-corrected chi connectivity index (χ1v) is 4.60. The third-order valence-electron chi connectivity index (χ3n) is 2.15. The summed E-state index contributed by atoms with van der Waals surface area (Å²) in [6, 6.07) is 7.47. The van der Waals surface area contributed by atoms with Gasteiger partial charge >= 0.3 is 0 Å². The Hall–Kier alpha value is -1.48. The van der Waals surface area contributed by atoms with Gasteiger partial charge in [-0.15, -0.1) is 0 Å². The van der Waals surface area contributed by atoms with Gasteiger partial charge in [-0.25, -0.2) is 0 Å². The van der Waals surface area contributed by atoms with Gasteiger partial charge in [-0.1, -0.05) is 0 Å². The Labute approximate surface area is 83.0 Å². The monoisotopic (exact) mass is 190 g/mol. The van der Waals surface area contributed by atoms with Crippen LogP contribution in [0.1, 0.15) is 5.69 Å². The lowest BCUT2D eigenvalue weighted by molar-refractivity contribution is 0.398. The van der Waals surface area contributed by atoms with E-state index in [1.54, 1.807) is 12.1 Å². The van der Waals surface area contributed by atoms with E-state index in [4.69, 9.17) is 0 Å². The summed E-state index contributed by atoms with van der Waals surface area (Å²) in [5.74, 6) is 0.302. The van der Waals surface area contributed by atoms with E-state index in [9.17, 15) is 5.11 Å². The number of phenolic OH excluding ortho intramolecular Hbond substituents is 1. The molecule has 0 saturated carbocycles. The van der Waals surface area contributed by atoms with Crippen LogP contribution in [-0.2, 0) is 6.54 Å². The van der Waals surface area contributed by atoms with Gasteiger partial charge in [-0.3, -0.25) is 0 Å². The van der Waals surface area contributed by atoms with Crippen molar-refractivity contribution in [2.45, 2.75) is 6.54 Å². The molecule has 2 aromatic rings. The van der Waals surface area contributed by atoms with Gasteiger partial charge in [-0.2, -0.15) is 0 Å². The maximum Gasteiger partial charge on any atom is 0.117 e. The predicted octanol–water partition coefficient (Wildman–Crippen LogP) is 1.94. The number of hydrogen-bond acceptors (Lipinski definition) is 2. The number of nitrogens with one attached hydrogen (secondary N) is 1. The van der Waals surface area contributed by atoms with E-state index in [-0.39, 0.29) is 0 Å². The van der Waals surface area contributed by atoms with Crippen LogP contribution in [0.3, 0.4) is 0 Å². The molecule has 0 aliphatic heterocycles. The van der Waals surface area contributed by atoms with Crippen LogP contribution in [0.15, 0.2) is 24.3 Å². The number of aromatic hydroxyl groups is 1. The van der Waals surface area contributed by atoms with Crippen molar-refractivity contribution in [1.82, 2.24) is 9.88 Å². The van der Waals surface area contributed by atoms with Crippen molar-refractivity contribution in [2.24, 2.45) is 0 Å². The average Bonchev–Trinajstić information content (AvgIpc) is 2.44. The molecule has 0 saturated heterocycles. The van der Waals surface area contributed by atoms with Gasteiger partial charge in [0.15, 0.2) is 0 Å². The maximum absolute atomic E-state index is 9.29. The Morgan fingerprint density at radius 3 is 2.79 bits per heavy atom. The largest absolute Gasteiger partial charge is 0.508 e. The van der Waals surface area contributed by atoms with Crippen molar-refractivity contribution in [3.63, 3.8) is 0 Å². The quantitative estimate of drug-likeness (QED) is 0.759. The summed E-state index contributed by atoms with van der Waals surface area (Å²) in [5.41, 5.74) is 2.15. The van der Waals surface area contributed by atoms with Crippen molar-refractivity contribution in [3.8, 4) is 5.75 Å². The SMILES string of the molecule is CN(C)Cc1cc2ccc(O)cc2[nH]1. The molecule has 0 spiro atoms. The van der Waals surface area contributed by atoms with Gasteiger partial charge in [0.05, 0.1) is 0 Å². The highest BCUT2D eigenvalue weighted by atomic mass is 16.3. The molecule has 0 fully saturated rings. The summed E-state index contributed by atoms with van der Waals surface area (Å²) in [4.78, 5) is 5.37. The summed E-state index contributed by atoms with van der Waals surface area (Å²) in [6.45, 7) is 0.884. The van der Waals surface area contributed by atoms with Crippen LogP contribution < -0.4 is 0 Å². The molecule has 1 heterocycles. The zero-order valence-corrected chi connectivity index (χ0v) is 8.41. The molecule has 2 rings (SSSR count). The first kappa shape index (κ1) is 9.09. The summed E-state index contributed by atoms with van der Waals surface area (Å²) >= 11 is 0. The lowest BCUT2D eigenvalue weighted by Crippen LogP contribution is -2.10. The third-order valence-corrected chi connectivity index (χ3v) is 2.15. The summed E-state index contributed by atoms with van der Waals surface area (Å²) < 4.78 is 0. The minimum Gasteiger partial charge on any atom is -0.508 e. The number of nitrogens with zero attached hydrogens (tertiary/aromatic N) is 1. The minimum absolute atomic E-state index is 0.302. The molecule has 1 aromatic carbocycles. The third kappa shape index (κ3) is 1.72. The van der Waals surface area contributed by atoms with Crippen molar-refractivity contribution in [3.05, 3.63) is 30.0 Å². The number of aromatic amines is 1. The molecule has 14 heavy (non-hydrogen) atoms. The highest BCUT2D eigenvalue weighted by Gasteiger charge is 2.01. The zero-order chi connectivity index (χ0) is 10.1. The lowest BCUT2D eigenvalue weighted by Gasteiger charge is -2.06. The van der Waals surface area contributed by atoms with Crippen molar-refractivity contribution in [1.29, 1.82) is 0 Å². The number of aromatic nitrogens is 1. The number of fused-ring (bicyclic) bond motifs is 1. The van der Waals surface area contributed by atoms with Crippen LogP contribution in [-0.4, -0.2) is 29.1 Å². The van der Waals surface area contributed by atoms with E-state index in [0.717, 1.165) is 23.1 Å². The molecular formula is C11H14N2O. The number of rotatable bonds is 2. The van der Waals surface area contributed by atoms with E-state index in [1.165, 1.54) is 0 Å². The smallest absolute Gasteiger partial charge is 0.117 e. The first-order chi connectivity index (χ1) is 6.65. The van der Waals surface area contributed by atoms with Crippen molar-refractivity contribution < 1.29 is 5.11 Å². The second kappa shape index (κ2) is 3.35. The van der Waals surface area contributed by atoms with Crippen LogP contribution in [0.5, 0.6) is 5.75 Å². The van der Waals surface area contributed by atoms with Gasteiger partial charge < -0.3 is 15.0 Å². The summed E-state index contributed by atoms with van der Waals surface area (Å²) in [6.07, 6.45) is 0. The number of hydrogen-bond donors (Lipinski definition) is 2. The van der Waals surface area contributed by atoms with Crippen molar-refractivity contribution in [2.75, 3.05) is 14.1 Å². The molecule has 0 amide bonds. The Kier molecular flexibility index (Phi) is 2.17. The Balaban J connectivity index is 2.41. The molecule has 0 aliphatic carbocycles.